The van der Waals surface area contributed by atoms with Crippen LogP contribution in [0.2, 0.25) is 0 Å². The van der Waals surface area contributed by atoms with Crippen molar-refractivity contribution in [3.63, 3.8) is 0 Å². The predicted octanol–water partition coefficient (Wildman–Crippen LogP) is 7.18. The fourth-order valence-electron chi connectivity index (χ4n) is 6.52. The largest absolute Gasteiger partial charge is 0.472 e. The molecule has 2 saturated heterocycles. The van der Waals surface area contributed by atoms with Crippen molar-refractivity contribution in [2.24, 2.45) is 5.92 Å². The lowest BCUT2D eigenvalue weighted by Crippen LogP contribution is -2.45. The van der Waals surface area contributed by atoms with E-state index in [1.165, 1.54) is 90.4 Å². The maximum absolute atomic E-state index is 12.5. The maximum Gasteiger partial charge on any atom is 0.472 e. The van der Waals surface area contributed by atoms with Crippen molar-refractivity contribution in [3.05, 3.63) is 0 Å². The highest BCUT2D eigenvalue weighted by atomic mass is 31.2. The third-order valence-electron chi connectivity index (χ3n) is 8.86. The molecule has 0 radical (unpaired) electrons. The van der Waals surface area contributed by atoms with E-state index in [0.717, 1.165) is 30.2 Å². The molecule has 2 aliphatic rings. The van der Waals surface area contributed by atoms with Gasteiger partial charge < -0.3 is 18.9 Å². The Morgan fingerprint density at radius 1 is 0.872 bits per heavy atom. The van der Waals surface area contributed by atoms with E-state index in [9.17, 15) is 14.3 Å². The third kappa shape index (κ3) is 13.8. The minimum Gasteiger partial charge on any atom is -0.458 e. The first-order valence-electron chi connectivity index (χ1n) is 15.9. The zero-order valence-electron chi connectivity index (χ0n) is 25.4. The highest BCUT2D eigenvalue weighted by molar-refractivity contribution is 7.47. The Kier molecular flexibility index (Phi) is 16.8. The van der Waals surface area contributed by atoms with Crippen LogP contribution in [0.4, 0.5) is 0 Å². The number of carbonyl (C=O) groups is 1. The highest BCUT2D eigenvalue weighted by Gasteiger charge is 2.54. The highest BCUT2D eigenvalue weighted by Crippen LogP contribution is 2.49. The van der Waals surface area contributed by atoms with Crippen molar-refractivity contribution in [1.82, 2.24) is 0 Å². The first kappa shape index (κ1) is 34.7. The van der Waals surface area contributed by atoms with Crippen LogP contribution in [0.1, 0.15) is 123 Å². The third-order valence-corrected chi connectivity index (χ3v) is 9.82. The number of hydrogen-bond donors (Lipinski definition) is 1. The zero-order chi connectivity index (χ0) is 28.6. The Morgan fingerprint density at radius 2 is 1.44 bits per heavy atom. The average Bonchev–Trinajstić information content (AvgIpc) is 3.31. The summed E-state index contributed by atoms with van der Waals surface area (Å²) >= 11 is 0. The minimum atomic E-state index is -4.24. The van der Waals surface area contributed by atoms with Gasteiger partial charge in [0.2, 0.25) is 0 Å². The van der Waals surface area contributed by atoms with Gasteiger partial charge in [0.1, 0.15) is 6.10 Å². The van der Waals surface area contributed by atoms with Gasteiger partial charge in [0.25, 0.3) is 0 Å². The second-order valence-corrected chi connectivity index (χ2v) is 13.8. The molecule has 2 fully saturated rings. The summed E-state index contributed by atoms with van der Waals surface area (Å²) in [7, 11) is 0.236. The molecule has 0 amide bonds. The quantitative estimate of drug-likeness (QED) is 0.0563. The maximum atomic E-state index is 12.5. The topological polar surface area (TPSA) is 91.3 Å². The number of carbonyl (C=O) groups excluding carboxylic acids is 1. The van der Waals surface area contributed by atoms with E-state index in [-0.39, 0.29) is 25.7 Å². The van der Waals surface area contributed by atoms with E-state index in [4.69, 9.17) is 18.5 Å². The number of esters is 1. The van der Waals surface area contributed by atoms with Gasteiger partial charge in [0.05, 0.1) is 46.0 Å². The SMILES string of the molecule is CCCCCCCCCCCCCCCCOCC(COP(=O)(O)OCC1CC2CCC1[N+]2(C)C)OC(C)=O. The summed E-state index contributed by atoms with van der Waals surface area (Å²) in [5.74, 6) is -0.208. The molecule has 230 valence electrons. The molecule has 2 heterocycles. The van der Waals surface area contributed by atoms with Crippen LogP contribution in [-0.4, -0.2) is 74.1 Å². The van der Waals surface area contributed by atoms with Crippen LogP contribution < -0.4 is 0 Å². The van der Waals surface area contributed by atoms with Crippen LogP contribution in [0.25, 0.3) is 0 Å². The molecule has 2 rings (SSSR count). The van der Waals surface area contributed by atoms with E-state index in [1.54, 1.807) is 0 Å². The number of rotatable bonds is 24. The van der Waals surface area contributed by atoms with Gasteiger partial charge in [-0.25, -0.2) is 4.57 Å². The number of phosphoric acid groups is 1. The van der Waals surface area contributed by atoms with E-state index < -0.39 is 19.9 Å². The van der Waals surface area contributed by atoms with E-state index in [2.05, 4.69) is 21.0 Å². The Morgan fingerprint density at radius 3 is 1.92 bits per heavy atom. The molecule has 5 atom stereocenters. The molecule has 8 nitrogen and oxygen atoms in total. The first-order valence-corrected chi connectivity index (χ1v) is 17.4. The zero-order valence-corrected chi connectivity index (χ0v) is 26.3. The Labute approximate surface area is 238 Å². The van der Waals surface area contributed by atoms with E-state index >= 15 is 0 Å². The second-order valence-electron chi connectivity index (χ2n) is 12.4. The molecule has 0 aromatic rings. The van der Waals surface area contributed by atoms with E-state index in [1.807, 2.05) is 0 Å². The fraction of sp³-hybridized carbons (Fsp3) is 0.967. The van der Waals surface area contributed by atoms with Crippen molar-refractivity contribution in [3.8, 4) is 0 Å². The van der Waals surface area contributed by atoms with E-state index in [0.29, 0.717) is 18.7 Å². The van der Waals surface area contributed by atoms with Gasteiger partial charge in [-0.3, -0.25) is 13.8 Å². The molecular formula is C30H59NO7P+. The summed E-state index contributed by atoms with van der Waals surface area (Å²) in [6.07, 6.45) is 20.9. The van der Waals surface area contributed by atoms with Crippen LogP contribution in [0.15, 0.2) is 0 Å². The number of fused-ring (bicyclic) bond motifs is 2. The molecule has 2 bridgehead atoms. The Balaban J connectivity index is 1.48. The molecule has 0 aliphatic carbocycles. The Hall–Kier alpha value is -0.500. The second kappa shape index (κ2) is 18.8. The van der Waals surface area contributed by atoms with Gasteiger partial charge in [-0.2, -0.15) is 0 Å². The van der Waals surface area contributed by atoms with Crippen molar-refractivity contribution < 1.29 is 37.3 Å². The number of quaternary nitrogens is 1. The number of hydrogen-bond acceptors (Lipinski definition) is 6. The van der Waals surface area contributed by atoms with Crippen molar-refractivity contribution in [2.75, 3.05) is 40.5 Å². The lowest BCUT2D eigenvalue weighted by atomic mass is 9.90. The number of unbranched alkanes of at least 4 members (excludes halogenated alkanes) is 13. The normalized spacial score (nSPS) is 24.1. The molecule has 2 aliphatic heterocycles. The monoisotopic (exact) mass is 576 g/mol. The summed E-state index contributed by atoms with van der Waals surface area (Å²) in [5, 5.41) is 0. The smallest absolute Gasteiger partial charge is 0.458 e. The minimum absolute atomic E-state index is 0.135. The molecule has 0 spiro atoms. The molecule has 39 heavy (non-hydrogen) atoms. The standard InChI is InChI=1S/C30H58NO7P/c1-5-6-7-8-9-10-11-12-13-14-15-16-17-18-21-35-24-29(38-26(2)32)25-37-39(33,34)36-23-27-22-28-19-20-30(27)31(28,3)4/h27-30H,5-25H2,1-4H3/p+1. The van der Waals surface area contributed by atoms with Gasteiger partial charge in [-0.1, -0.05) is 90.4 Å². The lowest BCUT2D eigenvalue weighted by Gasteiger charge is -2.31. The summed E-state index contributed by atoms with van der Waals surface area (Å²) in [6.45, 7) is 4.26. The van der Waals surface area contributed by atoms with Crippen molar-refractivity contribution in [1.29, 1.82) is 0 Å². The molecule has 0 aromatic heterocycles. The van der Waals surface area contributed by atoms with Gasteiger partial charge in [-0.05, 0) is 6.42 Å². The average molecular weight is 577 g/mol. The molecule has 9 heteroatoms. The van der Waals surface area contributed by atoms with Crippen LogP contribution in [0, 0.1) is 5.92 Å². The predicted molar refractivity (Wildman–Crippen MR) is 155 cm³/mol. The first-order chi connectivity index (χ1) is 18.7. The number of nitrogens with zero attached hydrogens (tertiary/aromatic N) is 1. The molecule has 5 unspecified atom stereocenters. The van der Waals surface area contributed by atoms with Crippen molar-refractivity contribution >= 4 is 13.8 Å². The summed E-state index contributed by atoms with van der Waals surface area (Å²) in [4.78, 5) is 21.7. The van der Waals surface area contributed by atoms with Crippen LogP contribution in [0.3, 0.4) is 0 Å². The summed E-state index contributed by atoms with van der Waals surface area (Å²) in [6, 6.07) is 1.07. The summed E-state index contributed by atoms with van der Waals surface area (Å²) in [5.41, 5.74) is 0. The van der Waals surface area contributed by atoms with Crippen LogP contribution >= 0.6 is 7.82 Å². The number of phosphoric ester groups is 1. The van der Waals surface area contributed by atoms with Gasteiger partial charge in [0.15, 0.2) is 0 Å². The van der Waals surface area contributed by atoms with Gasteiger partial charge in [0, 0.05) is 38.7 Å². The van der Waals surface area contributed by atoms with Crippen LogP contribution in [-0.2, 0) is 27.9 Å². The number of ether oxygens (including phenoxy) is 2. The van der Waals surface area contributed by atoms with Crippen LogP contribution in [0.5, 0.6) is 0 Å². The Bertz CT molecular complexity index is 719. The van der Waals surface area contributed by atoms with Gasteiger partial charge in [-0.15, -0.1) is 0 Å². The van der Waals surface area contributed by atoms with Gasteiger partial charge >= 0.3 is 13.8 Å². The fourth-order valence-corrected chi connectivity index (χ4v) is 7.33. The lowest BCUT2D eigenvalue weighted by molar-refractivity contribution is -0.913. The van der Waals surface area contributed by atoms with Crippen molar-refractivity contribution in [2.45, 2.75) is 141 Å². The molecule has 0 aromatic carbocycles. The molecular weight excluding hydrogens is 517 g/mol. The molecule has 1 N–H and O–H groups in total. The molecule has 0 saturated carbocycles. The summed E-state index contributed by atoms with van der Waals surface area (Å²) < 4.78 is 34.9.